The first-order valence-electron chi connectivity index (χ1n) is 10.9. The van der Waals surface area contributed by atoms with Crippen LogP contribution in [0.25, 0.3) is 0 Å². The van der Waals surface area contributed by atoms with E-state index in [0.29, 0.717) is 17.1 Å². The molecule has 1 spiro atoms. The molecule has 0 bridgehead atoms. The highest BCUT2D eigenvalue weighted by Crippen LogP contribution is 2.43. The normalized spacial score (nSPS) is 19.4. The van der Waals surface area contributed by atoms with Crippen molar-refractivity contribution in [2.24, 2.45) is 5.41 Å². The van der Waals surface area contributed by atoms with Crippen molar-refractivity contribution in [2.75, 3.05) is 42.5 Å². The minimum absolute atomic E-state index is 0.0195. The molecule has 168 valence electrons. The molecule has 3 aliphatic heterocycles. The zero-order valence-electron chi connectivity index (χ0n) is 18.6. The number of carbonyl (C=O) groups is 2. The maximum absolute atomic E-state index is 13.0. The van der Waals surface area contributed by atoms with Crippen LogP contribution in [0.4, 0.5) is 16.2 Å². The average molecular weight is 455 g/mol. The molecule has 0 aliphatic carbocycles. The molecule has 32 heavy (non-hydrogen) atoms. The van der Waals surface area contributed by atoms with Gasteiger partial charge in [0.15, 0.2) is 0 Å². The molecule has 0 unspecified atom stereocenters. The number of nitrogens with zero attached hydrogens (tertiary/aromatic N) is 4. The molecular weight excluding hydrogens is 428 g/mol. The van der Waals surface area contributed by atoms with Crippen molar-refractivity contribution >= 4 is 35.0 Å². The van der Waals surface area contributed by atoms with E-state index in [-0.39, 0.29) is 17.4 Å². The quantitative estimate of drug-likeness (QED) is 0.686. The summed E-state index contributed by atoms with van der Waals surface area (Å²) in [7, 11) is 0. The molecule has 0 N–H and O–H groups in total. The maximum Gasteiger partial charge on any atom is 0.410 e. The summed E-state index contributed by atoms with van der Waals surface area (Å²) in [4.78, 5) is 35.5. The maximum atomic E-state index is 13.0. The average Bonchev–Trinajstić information content (AvgIpc) is 2.65. The third-order valence-electron chi connectivity index (χ3n) is 6.29. The fourth-order valence-electron chi connectivity index (χ4n) is 4.80. The van der Waals surface area contributed by atoms with Gasteiger partial charge in [0.25, 0.3) is 5.91 Å². The zero-order valence-corrected chi connectivity index (χ0v) is 19.4. The molecule has 0 atom stereocenters. The minimum atomic E-state index is -0.476. The first-order valence-corrected chi connectivity index (χ1v) is 11.3. The second kappa shape index (κ2) is 7.37. The number of amides is 2. The Bertz CT molecular complexity index is 1080. The first-order chi connectivity index (χ1) is 15.1. The summed E-state index contributed by atoms with van der Waals surface area (Å²) >= 11 is 6.08. The highest BCUT2D eigenvalue weighted by molar-refractivity contribution is 6.30. The van der Waals surface area contributed by atoms with E-state index in [1.54, 1.807) is 28.1 Å². The summed E-state index contributed by atoms with van der Waals surface area (Å²) < 4.78 is 5.46. The molecule has 7 nitrogen and oxygen atoms in total. The topological polar surface area (TPSA) is 66.0 Å². The Balaban J connectivity index is 1.23. The second-order valence-corrected chi connectivity index (χ2v) is 10.5. The van der Waals surface area contributed by atoms with E-state index in [0.717, 1.165) is 49.5 Å². The van der Waals surface area contributed by atoms with Crippen LogP contribution in [-0.2, 0) is 11.2 Å². The van der Waals surface area contributed by atoms with E-state index in [1.807, 2.05) is 39.1 Å². The van der Waals surface area contributed by atoms with Gasteiger partial charge in [0.2, 0.25) is 0 Å². The van der Waals surface area contributed by atoms with E-state index in [9.17, 15) is 9.59 Å². The van der Waals surface area contributed by atoms with Crippen LogP contribution in [0.15, 0.2) is 36.7 Å². The van der Waals surface area contributed by atoms with Crippen LogP contribution in [0.2, 0.25) is 5.02 Å². The number of aromatic nitrogens is 1. The molecule has 2 aromatic rings. The van der Waals surface area contributed by atoms with E-state index in [4.69, 9.17) is 16.3 Å². The second-order valence-electron chi connectivity index (χ2n) is 10.1. The third-order valence-corrected chi connectivity index (χ3v) is 6.53. The number of halogens is 1. The lowest BCUT2D eigenvalue weighted by atomic mass is 9.73. The van der Waals surface area contributed by atoms with Crippen molar-refractivity contribution in [1.82, 2.24) is 9.88 Å². The number of anilines is 2. The summed E-state index contributed by atoms with van der Waals surface area (Å²) in [6.07, 6.45) is 4.10. The number of rotatable bonds is 2. The van der Waals surface area contributed by atoms with Gasteiger partial charge < -0.3 is 19.4 Å². The number of hydrogen-bond donors (Lipinski definition) is 0. The van der Waals surface area contributed by atoms with Gasteiger partial charge in [-0.25, -0.2) is 4.79 Å². The molecule has 2 fully saturated rings. The Labute approximate surface area is 192 Å². The number of carbonyl (C=O) groups excluding carboxylic acids is 2. The van der Waals surface area contributed by atoms with Crippen LogP contribution in [0.3, 0.4) is 0 Å². The SMILES string of the molecule is CC(C)(C)OC(=O)N1CC2(C1)CN(c1cncc(N3CCc4cc(Cl)ccc4C3=O)c1)C2. The van der Waals surface area contributed by atoms with E-state index >= 15 is 0 Å². The Morgan fingerprint density at radius 2 is 1.81 bits per heavy atom. The van der Waals surface area contributed by atoms with Gasteiger partial charge in [-0.1, -0.05) is 11.6 Å². The Kier molecular flexibility index (Phi) is 4.85. The molecule has 0 radical (unpaired) electrons. The molecule has 2 saturated heterocycles. The van der Waals surface area contributed by atoms with E-state index in [1.165, 1.54) is 0 Å². The fraction of sp³-hybridized carbons (Fsp3) is 0.458. The van der Waals surface area contributed by atoms with E-state index < -0.39 is 5.60 Å². The lowest BCUT2D eigenvalue weighted by Crippen LogP contribution is -2.73. The van der Waals surface area contributed by atoms with Crippen LogP contribution in [0.5, 0.6) is 0 Å². The largest absolute Gasteiger partial charge is 0.444 e. The molecular formula is C24H27ClN4O3. The molecule has 2 amide bonds. The molecule has 4 heterocycles. The van der Waals surface area contributed by atoms with Gasteiger partial charge in [-0.3, -0.25) is 9.78 Å². The van der Waals surface area contributed by atoms with Crippen LogP contribution in [-0.4, -0.2) is 60.2 Å². The van der Waals surface area contributed by atoms with E-state index in [2.05, 4.69) is 9.88 Å². The minimum Gasteiger partial charge on any atom is -0.444 e. The third kappa shape index (κ3) is 3.79. The highest BCUT2D eigenvalue weighted by atomic mass is 35.5. The number of pyridine rings is 1. The van der Waals surface area contributed by atoms with Crippen molar-refractivity contribution in [3.05, 3.63) is 52.8 Å². The van der Waals surface area contributed by atoms with Crippen molar-refractivity contribution in [1.29, 1.82) is 0 Å². The number of ether oxygens (including phenoxy) is 1. The van der Waals surface area contributed by atoms with Crippen molar-refractivity contribution in [3.63, 3.8) is 0 Å². The molecule has 1 aromatic carbocycles. The summed E-state index contributed by atoms with van der Waals surface area (Å²) in [5.74, 6) is -0.0195. The van der Waals surface area contributed by atoms with Crippen LogP contribution in [0, 0.1) is 5.41 Å². The number of benzene rings is 1. The number of hydrogen-bond acceptors (Lipinski definition) is 5. The van der Waals surface area contributed by atoms with Gasteiger partial charge in [-0.15, -0.1) is 0 Å². The van der Waals surface area contributed by atoms with Crippen molar-refractivity contribution in [3.8, 4) is 0 Å². The highest BCUT2D eigenvalue weighted by Gasteiger charge is 2.54. The lowest BCUT2D eigenvalue weighted by Gasteiger charge is -2.60. The fourth-order valence-corrected chi connectivity index (χ4v) is 5.00. The summed E-state index contributed by atoms with van der Waals surface area (Å²) in [6.45, 7) is 9.42. The molecule has 0 saturated carbocycles. The number of fused-ring (bicyclic) bond motifs is 1. The van der Waals surface area contributed by atoms with Crippen molar-refractivity contribution < 1.29 is 14.3 Å². The van der Waals surface area contributed by atoms with Gasteiger partial charge >= 0.3 is 6.09 Å². The standard InChI is InChI=1S/C24H27ClN4O3/c1-23(2,3)32-22(31)28-14-24(15-28)12-27(13-24)18-9-19(11-26-10-18)29-7-6-16-8-17(25)4-5-20(16)21(29)30/h4-5,8-11H,6-7,12-15H2,1-3H3. The lowest BCUT2D eigenvalue weighted by molar-refractivity contribution is -0.0453. The Morgan fingerprint density at radius 1 is 1.09 bits per heavy atom. The zero-order chi connectivity index (χ0) is 22.7. The molecule has 5 rings (SSSR count). The van der Waals surface area contributed by atoms with Gasteiger partial charge in [0.05, 0.1) is 23.8 Å². The Morgan fingerprint density at radius 3 is 2.53 bits per heavy atom. The summed E-state index contributed by atoms with van der Waals surface area (Å²) in [5.41, 5.74) is 3.15. The van der Waals surface area contributed by atoms with Crippen LogP contribution < -0.4 is 9.80 Å². The Hall–Kier alpha value is -2.80. The first kappa shape index (κ1) is 21.1. The van der Waals surface area contributed by atoms with Crippen molar-refractivity contribution in [2.45, 2.75) is 32.8 Å². The van der Waals surface area contributed by atoms with Gasteiger partial charge in [-0.05, 0) is 57.0 Å². The van der Waals surface area contributed by atoms with Gasteiger partial charge in [-0.2, -0.15) is 0 Å². The predicted octanol–water partition coefficient (Wildman–Crippen LogP) is 4.00. The summed E-state index contributed by atoms with van der Waals surface area (Å²) in [5, 5.41) is 0.654. The van der Waals surface area contributed by atoms with Crippen LogP contribution >= 0.6 is 11.6 Å². The predicted molar refractivity (Wildman–Crippen MR) is 124 cm³/mol. The van der Waals surface area contributed by atoms with Gasteiger partial charge in [0, 0.05) is 48.7 Å². The molecule has 8 heteroatoms. The van der Waals surface area contributed by atoms with Gasteiger partial charge in [0.1, 0.15) is 5.60 Å². The number of likely N-dealkylation sites (tertiary alicyclic amines) is 1. The van der Waals surface area contributed by atoms with Crippen LogP contribution in [0.1, 0.15) is 36.7 Å². The summed E-state index contributed by atoms with van der Waals surface area (Å²) in [6, 6.07) is 7.47. The molecule has 3 aliphatic rings. The molecule has 1 aromatic heterocycles. The monoisotopic (exact) mass is 454 g/mol. The smallest absolute Gasteiger partial charge is 0.410 e.